The van der Waals surface area contributed by atoms with Crippen LogP contribution in [0.25, 0.3) is 0 Å². The van der Waals surface area contributed by atoms with Crippen molar-refractivity contribution in [2.24, 2.45) is 5.92 Å². The van der Waals surface area contributed by atoms with Crippen molar-refractivity contribution in [1.29, 1.82) is 0 Å². The molecule has 1 aliphatic rings. The maximum absolute atomic E-state index is 12.8. The summed E-state index contributed by atoms with van der Waals surface area (Å²) in [4.78, 5) is 0. The first-order valence-corrected chi connectivity index (χ1v) is 4.88. The van der Waals surface area contributed by atoms with Gasteiger partial charge in [-0.25, -0.2) is 8.78 Å². The Morgan fingerprint density at radius 3 is 2.64 bits per heavy atom. The fraction of sp³-hybridized carbons (Fsp3) is 0.778. The monoisotopic (exact) mass is 201 g/mol. The molecule has 0 radical (unpaired) electrons. The molecule has 1 heterocycles. The lowest BCUT2D eigenvalue weighted by Crippen LogP contribution is -2.26. The van der Waals surface area contributed by atoms with Gasteiger partial charge in [0.05, 0.1) is 6.20 Å². The number of nitrogens with zero attached hydrogens (tertiary/aromatic N) is 3. The van der Waals surface area contributed by atoms with E-state index in [1.54, 1.807) is 17.1 Å². The third kappa shape index (κ3) is 2.27. The van der Waals surface area contributed by atoms with Gasteiger partial charge in [0.1, 0.15) is 0 Å². The van der Waals surface area contributed by atoms with Crippen LogP contribution in [0, 0.1) is 5.92 Å². The minimum absolute atomic E-state index is 0.0202. The molecule has 0 spiro atoms. The van der Waals surface area contributed by atoms with E-state index in [0.717, 1.165) is 6.54 Å². The van der Waals surface area contributed by atoms with Crippen LogP contribution < -0.4 is 0 Å². The minimum Gasteiger partial charge on any atom is -0.252 e. The Labute approximate surface area is 81.1 Å². The highest BCUT2D eigenvalue weighted by atomic mass is 19.3. The van der Waals surface area contributed by atoms with E-state index in [2.05, 4.69) is 10.3 Å². The van der Waals surface area contributed by atoms with E-state index in [1.807, 2.05) is 0 Å². The fourth-order valence-electron chi connectivity index (χ4n) is 1.88. The molecule has 0 unspecified atom stereocenters. The Hall–Kier alpha value is -1.00. The topological polar surface area (TPSA) is 30.7 Å². The van der Waals surface area contributed by atoms with Crippen LogP contribution in [0.15, 0.2) is 12.4 Å². The molecule has 0 aromatic carbocycles. The van der Waals surface area contributed by atoms with Gasteiger partial charge in [0, 0.05) is 25.6 Å². The van der Waals surface area contributed by atoms with Crippen LogP contribution in [0.1, 0.15) is 25.7 Å². The number of aromatic nitrogens is 3. The van der Waals surface area contributed by atoms with Gasteiger partial charge in [-0.2, -0.15) is 0 Å². The summed E-state index contributed by atoms with van der Waals surface area (Å²) in [5, 5.41) is 7.51. The van der Waals surface area contributed by atoms with Crippen LogP contribution in [0.2, 0.25) is 0 Å². The summed E-state index contributed by atoms with van der Waals surface area (Å²) in [6.07, 6.45) is 4.60. The third-order valence-electron chi connectivity index (χ3n) is 2.75. The van der Waals surface area contributed by atoms with Crippen LogP contribution in [-0.2, 0) is 6.54 Å². The van der Waals surface area contributed by atoms with Gasteiger partial charge in [0.15, 0.2) is 0 Å². The Morgan fingerprint density at radius 1 is 1.36 bits per heavy atom. The standard InChI is InChI=1S/C9H13F2N3/c10-9(11)3-1-8(2-4-9)7-14-6-5-12-13-14/h5-6,8H,1-4,7H2. The predicted octanol–water partition coefficient (Wildman–Crippen LogP) is 2.10. The van der Waals surface area contributed by atoms with Gasteiger partial charge in [-0.15, -0.1) is 5.10 Å². The second-order valence-corrected chi connectivity index (χ2v) is 3.92. The lowest BCUT2D eigenvalue weighted by Gasteiger charge is -2.27. The normalized spacial score (nSPS) is 22.4. The highest BCUT2D eigenvalue weighted by Gasteiger charge is 2.34. The summed E-state index contributed by atoms with van der Waals surface area (Å²) in [6.45, 7) is 0.718. The molecule has 1 aromatic heterocycles. The van der Waals surface area contributed by atoms with Crippen molar-refractivity contribution in [3.8, 4) is 0 Å². The van der Waals surface area contributed by atoms with Gasteiger partial charge in [0.25, 0.3) is 0 Å². The molecule has 78 valence electrons. The third-order valence-corrected chi connectivity index (χ3v) is 2.75. The molecule has 1 saturated carbocycles. The fourth-order valence-corrected chi connectivity index (χ4v) is 1.88. The summed E-state index contributed by atoms with van der Waals surface area (Å²) in [6, 6.07) is 0. The molecule has 0 saturated heterocycles. The van der Waals surface area contributed by atoms with E-state index in [9.17, 15) is 8.78 Å². The summed E-state index contributed by atoms with van der Waals surface area (Å²) >= 11 is 0. The van der Waals surface area contributed by atoms with Crippen LogP contribution in [0.5, 0.6) is 0 Å². The van der Waals surface area contributed by atoms with Crippen LogP contribution in [-0.4, -0.2) is 20.9 Å². The van der Waals surface area contributed by atoms with Gasteiger partial charge in [-0.3, -0.25) is 4.68 Å². The first-order chi connectivity index (χ1) is 6.66. The highest BCUT2D eigenvalue weighted by Crippen LogP contribution is 2.36. The van der Waals surface area contributed by atoms with Gasteiger partial charge >= 0.3 is 0 Å². The van der Waals surface area contributed by atoms with Gasteiger partial charge in [-0.05, 0) is 18.8 Å². The maximum atomic E-state index is 12.8. The number of hydrogen-bond donors (Lipinski definition) is 0. The van der Waals surface area contributed by atoms with Crippen molar-refractivity contribution >= 4 is 0 Å². The first-order valence-electron chi connectivity index (χ1n) is 4.88. The summed E-state index contributed by atoms with van der Waals surface area (Å²) in [5.41, 5.74) is 0. The van der Waals surface area contributed by atoms with Crippen LogP contribution in [0.4, 0.5) is 8.78 Å². The van der Waals surface area contributed by atoms with Crippen molar-refractivity contribution in [2.45, 2.75) is 38.2 Å². The molecular weight excluding hydrogens is 188 g/mol. The second-order valence-electron chi connectivity index (χ2n) is 3.92. The van der Waals surface area contributed by atoms with Gasteiger partial charge in [0.2, 0.25) is 5.92 Å². The molecule has 0 aliphatic heterocycles. The predicted molar refractivity (Wildman–Crippen MR) is 46.9 cm³/mol. The zero-order chi connectivity index (χ0) is 10.0. The molecule has 5 heteroatoms. The Bertz CT molecular complexity index is 274. The van der Waals surface area contributed by atoms with Crippen LogP contribution >= 0.6 is 0 Å². The van der Waals surface area contributed by atoms with Crippen molar-refractivity contribution in [3.05, 3.63) is 12.4 Å². The van der Waals surface area contributed by atoms with E-state index < -0.39 is 5.92 Å². The largest absolute Gasteiger partial charge is 0.252 e. The molecule has 2 rings (SSSR count). The molecule has 14 heavy (non-hydrogen) atoms. The SMILES string of the molecule is FC1(F)CCC(Cn2ccnn2)CC1. The van der Waals surface area contributed by atoms with Crippen molar-refractivity contribution < 1.29 is 8.78 Å². The lowest BCUT2D eigenvalue weighted by molar-refractivity contribution is -0.0476. The Morgan fingerprint density at radius 2 is 2.07 bits per heavy atom. The summed E-state index contributed by atoms with van der Waals surface area (Å²) < 4.78 is 27.4. The molecule has 1 aliphatic carbocycles. The molecule has 0 bridgehead atoms. The number of alkyl halides is 2. The van der Waals surface area contributed by atoms with Crippen molar-refractivity contribution in [3.63, 3.8) is 0 Å². The first kappa shape index (κ1) is 9.55. The smallest absolute Gasteiger partial charge is 0.248 e. The van der Waals surface area contributed by atoms with E-state index in [-0.39, 0.29) is 12.8 Å². The van der Waals surface area contributed by atoms with Gasteiger partial charge < -0.3 is 0 Å². The zero-order valence-corrected chi connectivity index (χ0v) is 7.87. The molecule has 0 atom stereocenters. The van der Waals surface area contributed by atoms with Crippen molar-refractivity contribution in [1.82, 2.24) is 15.0 Å². The molecule has 3 nitrogen and oxygen atoms in total. The second kappa shape index (κ2) is 3.63. The minimum atomic E-state index is -2.43. The highest BCUT2D eigenvalue weighted by molar-refractivity contribution is 4.78. The Kier molecular flexibility index (Phi) is 2.48. The maximum Gasteiger partial charge on any atom is 0.248 e. The molecular formula is C9H13F2N3. The number of rotatable bonds is 2. The van der Waals surface area contributed by atoms with E-state index in [0.29, 0.717) is 18.8 Å². The van der Waals surface area contributed by atoms with Crippen LogP contribution in [0.3, 0.4) is 0 Å². The van der Waals surface area contributed by atoms with Gasteiger partial charge in [-0.1, -0.05) is 5.21 Å². The quantitative estimate of drug-likeness (QED) is 0.733. The van der Waals surface area contributed by atoms with E-state index in [4.69, 9.17) is 0 Å². The molecule has 1 aromatic rings. The summed E-state index contributed by atoms with van der Waals surface area (Å²) in [5.74, 6) is -2.10. The Balaban J connectivity index is 1.85. The lowest BCUT2D eigenvalue weighted by atomic mass is 9.87. The number of hydrogen-bond acceptors (Lipinski definition) is 2. The molecule has 0 amide bonds. The average Bonchev–Trinajstić information content (AvgIpc) is 2.61. The number of halogens is 2. The zero-order valence-electron chi connectivity index (χ0n) is 7.87. The van der Waals surface area contributed by atoms with Crippen molar-refractivity contribution in [2.75, 3.05) is 0 Å². The average molecular weight is 201 g/mol. The van der Waals surface area contributed by atoms with E-state index >= 15 is 0 Å². The summed E-state index contributed by atoms with van der Waals surface area (Å²) in [7, 11) is 0. The molecule has 0 N–H and O–H groups in total. The molecule has 1 fully saturated rings. The van der Waals surface area contributed by atoms with E-state index in [1.165, 1.54) is 0 Å².